The predicted octanol–water partition coefficient (Wildman–Crippen LogP) is 8.09. The third-order valence-electron chi connectivity index (χ3n) is 6.48. The molecule has 0 saturated carbocycles. The van der Waals surface area contributed by atoms with Gasteiger partial charge < -0.3 is 0 Å². The molecule has 0 aromatic heterocycles. The Hall–Kier alpha value is -2.69. The Kier molecular flexibility index (Phi) is 6.35. The van der Waals surface area contributed by atoms with E-state index in [1.54, 1.807) is 0 Å². The van der Waals surface area contributed by atoms with Crippen LogP contribution in [-0.2, 0) is 0 Å². The minimum absolute atomic E-state index is 1.30. The average molecular weight is 465 g/mol. The molecule has 4 aromatic carbocycles. The fraction of sp³-hybridized carbons (Fsp3) is 0.226. The lowest BCUT2D eigenvalue weighted by molar-refractivity contribution is 1.46. The third-order valence-corrected chi connectivity index (χ3v) is 10.6. The minimum atomic E-state index is -1.50. The van der Waals surface area contributed by atoms with Crippen LogP contribution in [-0.4, -0.2) is 16.1 Å². The van der Waals surface area contributed by atoms with Gasteiger partial charge in [0.1, 0.15) is 0 Å². The van der Waals surface area contributed by atoms with Gasteiger partial charge in [-0.25, -0.2) is 0 Å². The number of rotatable bonds is 5. The Morgan fingerprint density at radius 1 is 0.424 bits per heavy atom. The van der Waals surface area contributed by atoms with Gasteiger partial charge in [-0.3, -0.25) is 0 Å². The lowest BCUT2D eigenvalue weighted by Crippen LogP contribution is -2.39. The van der Waals surface area contributed by atoms with Crippen LogP contribution in [0.15, 0.2) is 91.0 Å². The number of aryl methyl sites for hydroxylation is 1. The first-order valence-electron chi connectivity index (χ1n) is 12.0. The molecule has 0 nitrogen and oxygen atoms in total. The lowest BCUT2D eigenvalue weighted by Gasteiger charge is -2.24. The van der Waals surface area contributed by atoms with Crippen molar-refractivity contribution in [3.8, 4) is 33.4 Å². The molecule has 2 heteroatoms. The second-order valence-electron chi connectivity index (χ2n) is 11.2. The summed E-state index contributed by atoms with van der Waals surface area (Å²) < 4.78 is 0. The van der Waals surface area contributed by atoms with Crippen molar-refractivity contribution < 1.29 is 0 Å². The Morgan fingerprint density at radius 3 is 1.15 bits per heavy atom. The van der Waals surface area contributed by atoms with Crippen LogP contribution < -0.4 is 10.4 Å². The van der Waals surface area contributed by atoms with E-state index < -0.39 is 16.1 Å². The Bertz CT molecular complexity index is 1210. The molecule has 0 saturated heterocycles. The standard InChI is InChI=1S/C31H36Si2/c1-23-14-8-9-15-27(23)24-20-25(28-16-10-12-18-30(28)32(2,3)4)22-26(21-24)29-17-11-13-19-31(29)33(5,6)7/h8-22H,1-7H3. The van der Waals surface area contributed by atoms with Crippen molar-refractivity contribution in [1.82, 2.24) is 0 Å². The molecule has 0 amide bonds. The zero-order valence-electron chi connectivity index (χ0n) is 21.2. The normalized spacial score (nSPS) is 12.1. The molecule has 0 fully saturated rings. The van der Waals surface area contributed by atoms with Gasteiger partial charge in [0, 0.05) is 0 Å². The van der Waals surface area contributed by atoms with Gasteiger partial charge in [-0.1, -0.05) is 122 Å². The van der Waals surface area contributed by atoms with E-state index in [4.69, 9.17) is 0 Å². The van der Waals surface area contributed by atoms with Crippen LogP contribution in [0.5, 0.6) is 0 Å². The van der Waals surface area contributed by atoms with Crippen molar-refractivity contribution in [2.45, 2.75) is 46.2 Å². The Morgan fingerprint density at radius 2 is 0.758 bits per heavy atom. The summed E-state index contributed by atoms with van der Waals surface area (Å²) in [5.41, 5.74) is 9.37. The molecule has 168 valence electrons. The summed E-state index contributed by atoms with van der Waals surface area (Å²) in [5.74, 6) is 0. The molecule has 0 spiro atoms. The predicted molar refractivity (Wildman–Crippen MR) is 153 cm³/mol. The monoisotopic (exact) mass is 464 g/mol. The molecule has 0 bridgehead atoms. The molecule has 4 aromatic rings. The van der Waals surface area contributed by atoms with Crippen LogP contribution in [0.2, 0.25) is 39.3 Å². The summed E-state index contributed by atoms with van der Waals surface area (Å²) in [6, 6.07) is 34.1. The second kappa shape index (κ2) is 8.92. The summed E-state index contributed by atoms with van der Waals surface area (Å²) >= 11 is 0. The highest BCUT2D eigenvalue weighted by molar-refractivity contribution is 6.90. The molecule has 4 rings (SSSR count). The van der Waals surface area contributed by atoms with E-state index in [0.29, 0.717) is 0 Å². The highest BCUT2D eigenvalue weighted by Gasteiger charge is 2.23. The minimum Gasteiger partial charge on any atom is -0.0656 e. The van der Waals surface area contributed by atoms with Gasteiger partial charge in [0.05, 0.1) is 16.1 Å². The van der Waals surface area contributed by atoms with E-state index in [1.807, 2.05) is 0 Å². The van der Waals surface area contributed by atoms with E-state index >= 15 is 0 Å². The van der Waals surface area contributed by atoms with Gasteiger partial charge in [-0.15, -0.1) is 0 Å². The Balaban J connectivity index is 2.04. The van der Waals surface area contributed by atoms with Gasteiger partial charge in [0.25, 0.3) is 0 Å². The van der Waals surface area contributed by atoms with Crippen molar-refractivity contribution >= 4 is 26.5 Å². The maximum atomic E-state index is 2.44. The summed E-state index contributed by atoms with van der Waals surface area (Å²) in [5, 5.41) is 3.05. The first kappa shape index (κ1) is 23.5. The van der Waals surface area contributed by atoms with Gasteiger partial charge >= 0.3 is 0 Å². The topological polar surface area (TPSA) is 0 Å². The van der Waals surface area contributed by atoms with Gasteiger partial charge in [0.15, 0.2) is 0 Å². The summed E-state index contributed by atoms with van der Waals surface area (Å²) in [6.45, 7) is 16.9. The smallest absolute Gasteiger partial charge is 0.0656 e. The fourth-order valence-corrected chi connectivity index (χ4v) is 8.03. The van der Waals surface area contributed by atoms with E-state index in [-0.39, 0.29) is 0 Å². The SMILES string of the molecule is Cc1ccccc1-c1cc(-c2ccccc2[Si](C)(C)C)cc(-c2ccccc2[Si](C)(C)C)c1. The zero-order valence-corrected chi connectivity index (χ0v) is 23.2. The largest absolute Gasteiger partial charge is 0.0784 e. The maximum absolute atomic E-state index is 2.44. The molecule has 0 N–H and O–H groups in total. The number of hydrogen-bond acceptors (Lipinski definition) is 0. The summed E-state index contributed by atoms with van der Waals surface area (Å²) in [4.78, 5) is 0. The summed E-state index contributed by atoms with van der Waals surface area (Å²) in [6.07, 6.45) is 0. The zero-order chi connectivity index (χ0) is 23.8. The molecule has 0 aliphatic heterocycles. The number of benzene rings is 4. The molecular formula is C31H36Si2. The van der Waals surface area contributed by atoms with E-state index in [2.05, 4.69) is 137 Å². The molecule has 0 radical (unpaired) electrons. The number of hydrogen-bond donors (Lipinski definition) is 0. The first-order valence-corrected chi connectivity index (χ1v) is 19.0. The molecule has 0 aliphatic rings. The molecule has 33 heavy (non-hydrogen) atoms. The Labute approximate surface area is 202 Å². The fourth-order valence-electron chi connectivity index (χ4n) is 4.77. The van der Waals surface area contributed by atoms with Crippen molar-refractivity contribution in [3.05, 3.63) is 96.6 Å². The van der Waals surface area contributed by atoms with E-state index in [0.717, 1.165) is 0 Å². The van der Waals surface area contributed by atoms with Crippen molar-refractivity contribution in [1.29, 1.82) is 0 Å². The van der Waals surface area contributed by atoms with Crippen LogP contribution in [0.25, 0.3) is 33.4 Å². The lowest BCUT2D eigenvalue weighted by atomic mass is 9.92. The first-order chi connectivity index (χ1) is 15.6. The van der Waals surface area contributed by atoms with Crippen LogP contribution in [0, 0.1) is 6.92 Å². The molecule has 0 heterocycles. The molecule has 0 atom stereocenters. The van der Waals surface area contributed by atoms with Crippen molar-refractivity contribution in [2.24, 2.45) is 0 Å². The quantitative estimate of drug-likeness (QED) is 0.262. The average Bonchev–Trinajstić information content (AvgIpc) is 2.78. The second-order valence-corrected chi connectivity index (χ2v) is 21.3. The van der Waals surface area contributed by atoms with E-state index in [1.165, 1.54) is 49.3 Å². The maximum Gasteiger partial charge on any atom is 0.0784 e. The van der Waals surface area contributed by atoms with Gasteiger partial charge in [-0.05, 0) is 64.1 Å². The van der Waals surface area contributed by atoms with Crippen LogP contribution in [0.3, 0.4) is 0 Å². The van der Waals surface area contributed by atoms with Gasteiger partial charge in [-0.2, -0.15) is 0 Å². The highest BCUT2D eigenvalue weighted by atomic mass is 28.3. The third kappa shape index (κ3) is 4.97. The summed E-state index contributed by atoms with van der Waals surface area (Å²) in [7, 11) is -3.00. The van der Waals surface area contributed by atoms with Crippen molar-refractivity contribution in [2.75, 3.05) is 0 Å². The molecule has 0 unspecified atom stereocenters. The highest BCUT2D eigenvalue weighted by Crippen LogP contribution is 2.34. The van der Waals surface area contributed by atoms with Gasteiger partial charge in [0.2, 0.25) is 0 Å². The molecular weight excluding hydrogens is 429 g/mol. The van der Waals surface area contributed by atoms with Crippen LogP contribution in [0.4, 0.5) is 0 Å². The van der Waals surface area contributed by atoms with E-state index in [9.17, 15) is 0 Å². The van der Waals surface area contributed by atoms with Crippen LogP contribution in [0.1, 0.15) is 5.56 Å². The van der Waals surface area contributed by atoms with Crippen molar-refractivity contribution in [3.63, 3.8) is 0 Å². The van der Waals surface area contributed by atoms with Crippen LogP contribution >= 0.6 is 0 Å². The molecule has 0 aliphatic carbocycles.